The number of aromatic nitrogens is 1. The molecule has 0 aliphatic rings. The number of pyridine rings is 1. The van der Waals surface area contributed by atoms with E-state index in [-0.39, 0.29) is 11.4 Å². The normalized spacial score (nSPS) is 11.8. The number of aryl methyl sites for hydroxylation is 1. The first-order valence-electron chi connectivity index (χ1n) is 4.68. The molecular weight excluding hydrogens is 194 g/mol. The van der Waals surface area contributed by atoms with E-state index >= 15 is 0 Å². The maximum Gasteiger partial charge on any atom is 0.0967 e. The summed E-state index contributed by atoms with van der Waals surface area (Å²) in [6.45, 7) is 8.55. The van der Waals surface area contributed by atoms with E-state index in [1.807, 2.05) is 13.0 Å². The van der Waals surface area contributed by atoms with Crippen molar-refractivity contribution in [2.75, 3.05) is 0 Å². The second kappa shape index (κ2) is 4.32. The third-order valence-electron chi connectivity index (χ3n) is 1.78. The van der Waals surface area contributed by atoms with Crippen LogP contribution in [0.25, 0.3) is 0 Å². The molecule has 0 bridgehead atoms. The summed E-state index contributed by atoms with van der Waals surface area (Å²) in [7, 11) is 0. The summed E-state index contributed by atoms with van der Waals surface area (Å²) in [5.74, 6) is 0. The Morgan fingerprint density at radius 1 is 1.43 bits per heavy atom. The summed E-state index contributed by atoms with van der Waals surface area (Å²) < 4.78 is 0.181. The molecule has 1 rings (SSSR count). The lowest BCUT2D eigenvalue weighted by molar-refractivity contribution is 0.280. The Morgan fingerprint density at radius 3 is 2.50 bits per heavy atom. The number of hydrogen-bond donors (Lipinski definition) is 1. The molecule has 0 saturated heterocycles. The van der Waals surface area contributed by atoms with Gasteiger partial charge >= 0.3 is 0 Å². The molecule has 0 aliphatic carbocycles. The number of rotatable bonds is 2. The molecule has 0 spiro atoms. The molecule has 0 fully saturated rings. The SMILES string of the molecule is Cc1cc(SC(C)(C)C)ncc1CO. The van der Waals surface area contributed by atoms with Gasteiger partial charge in [-0.25, -0.2) is 4.98 Å². The van der Waals surface area contributed by atoms with Gasteiger partial charge in [-0.15, -0.1) is 11.8 Å². The highest BCUT2D eigenvalue weighted by molar-refractivity contribution is 8.00. The maximum absolute atomic E-state index is 9.00. The van der Waals surface area contributed by atoms with Gasteiger partial charge in [0.1, 0.15) is 0 Å². The maximum atomic E-state index is 9.00. The van der Waals surface area contributed by atoms with Crippen molar-refractivity contribution in [3.8, 4) is 0 Å². The minimum atomic E-state index is 0.0687. The van der Waals surface area contributed by atoms with E-state index in [1.54, 1.807) is 18.0 Å². The number of nitrogens with zero attached hydrogens (tertiary/aromatic N) is 1. The molecule has 78 valence electrons. The minimum absolute atomic E-state index is 0.0687. The van der Waals surface area contributed by atoms with E-state index in [4.69, 9.17) is 5.11 Å². The van der Waals surface area contributed by atoms with Gasteiger partial charge in [-0.1, -0.05) is 20.8 Å². The highest BCUT2D eigenvalue weighted by atomic mass is 32.2. The molecule has 1 aromatic rings. The fourth-order valence-electron chi connectivity index (χ4n) is 1.09. The van der Waals surface area contributed by atoms with Crippen LogP contribution in [0, 0.1) is 6.92 Å². The van der Waals surface area contributed by atoms with E-state index in [2.05, 4.69) is 25.8 Å². The molecule has 1 aromatic heterocycles. The van der Waals surface area contributed by atoms with E-state index in [1.165, 1.54) is 0 Å². The summed E-state index contributed by atoms with van der Waals surface area (Å²) in [4.78, 5) is 4.30. The van der Waals surface area contributed by atoms with Crippen molar-refractivity contribution in [2.24, 2.45) is 0 Å². The first kappa shape index (κ1) is 11.5. The summed E-state index contributed by atoms with van der Waals surface area (Å²) in [5.41, 5.74) is 2.01. The highest BCUT2D eigenvalue weighted by Crippen LogP contribution is 2.30. The second-order valence-corrected chi connectivity index (χ2v) is 6.17. The number of aliphatic hydroxyl groups excluding tert-OH is 1. The Labute approximate surface area is 89.8 Å². The van der Waals surface area contributed by atoms with Gasteiger partial charge in [0, 0.05) is 10.9 Å². The molecule has 0 unspecified atom stereocenters. The van der Waals surface area contributed by atoms with Crippen molar-refractivity contribution in [3.05, 3.63) is 23.4 Å². The first-order chi connectivity index (χ1) is 6.42. The Balaban J connectivity index is 2.87. The van der Waals surface area contributed by atoms with Gasteiger partial charge in [-0.3, -0.25) is 0 Å². The topological polar surface area (TPSA) is 33.1 Å². The van der Waals surface area contributed by atoms with E-state index in [9.17, 15) is 0 Å². The molecule has 0 radical (unpaired) electrons. The fraction of sp³-hybridized carbons (Fsp3) is 0.545. The lowest BCUT2D eigenvalue weighted by atomic mass is 10.2. The molecule has 1 N–H and O–H groups in total. The number of aliphatic hydroxyl groups is 1. The van der Waals surface area contributed by atoms with Gasteiger partial charge in [0.25, 0.3) is 0 Å². The monoisotopic (exact) mass is 211 g/mol. The lowest BCUT2D eigenvalue weighted by Gasteiger charge is -2.17. The van der Waals surface area contributed by atoms with Gasteiger partial charge in [0.15, 0.2) is 0 Å². The van der Waals surface area contributed by atoms with Gasteiger partial charge in [0.05, 0.1) is 11.6 Å². The standard InChI is InChI=1S/C11H17NOS/c1-8-5-10(14-11(2,3)4)12-6-9(8)7-13/h5-6,13H,7H2,1-4H3. The van der Waals surface area contributed by atoms with Crippen molar-refractivity contribution in [1.29, 1.82) is 0 Å². The Kier molecular flexibility index (Phi) is 3.56. The molecule has 3 heteroatoms. The summed E-state index contributed by atoms with van der Waals surface area (Å²) >= 11 is 1.74. The van der Waals surface area contributed by atoms with E-state index < -0.39 is 0 Å². The van der Waals surface area contributed by atoms with Crippen molar-refractivity contribution >= 4 is 11.8 Å². The van der Waals surface area contributed by atoms with E-state index in [0.717, 1.165) is 16.2 Å². The third kappa shape index (κ3) is 3.31. The molecule has 1 heterocycles. The minimum Gasteiger partial charge on any atom is -0.392 e. The van der Waals surface area contributed by atoms with Crippen LogP contribution in [-0.4, -0.2) is 14.8 Å². The fourth-order valence-corrected chi connectivity index (χ4v) is 2.06. The summed E-state index contributed by atoms with van der Waals surface area (Å²) in [6, 6.07) is 2.03. The second-order valence-electron chi connectivity index (χ2n) is 4.32. The average Bonchev–Trinajstić information content (AvgIpc) is 2.01. The van der Waals surface area contributed by atoms with Crippen LogP contribution in [0.1, 0.15) is 31.9 Å². The van der Waals surface area contributed by atoms with Crippen LogP contribution in [0.4, 0.5) is 0 Å². The molecule has 0 amide bonds. The van der Waals surface area contributed by atoms with Crippen LogP contribution in [0.2, 0.25) is 0 Å². The van der Waals surface area contributed by atoms with Crippen LogP contribution < -0.4 is 0 Å². The third-order valence-corrected chi connectivity index (χ3v) is 2.82. The van der Waals surface area contributed by atoms with Crippen molar-refractivity contribution in [1.82, 2.24) is 4.98 Å². The average molecular weight is 211 g/mol. The molecule has 0 atom stereocenters. The lowest BCUT2D eigenvalue weighted by Crippen LogP contribution is -2.07. The molecule has 0 aliphatic heterocycles. The molecule has 14 heavy (non-hydrogen) atoms. The van der Waals surface area contributed by atoms with Gasteiger partial charge < -0.3 is 5.11 Å². The number of hydrogen-bond acceptors (Lipinski definition) is 3. The summed E-state index contributed by atoms with van der Waals surface area (Å²) in [6.07, 6.45) is 1.75. The zero-order valence-electron chi connectivity index (χ0n) is 9.16. The number of thioether (sulfide) groups is 1. The smallest absolute Gasteiger partial charge is 0.0967 e. The van der Waals surface area contributed by atoms with Crippen LogP contribution in [0.3, 0.4) is 0 Å². The van der Waals surface area contributed by atoms with E-state index in [0.29, 0.717) is 0 Å². The summed E-state index contributed by atoms with van der Waals surface area (Å²) in [5, 5.41) is 10.0. The molecule has 2 nitrogen and oxygen atoms in total. The van der Waals surface area contributed by atoms with Gasteiger partial charge in [-0.05, 0) is 24.1 Å². The van der Waals surface area contributed by atoms with Crippen LogP contribution >= 0.6 is 11.8 Å². The molecular formula is C11H17NOS. The first-order valence-corrected chi connectivity index (χ1v) is 5.49. The Hall–Kier alpha value is -0.540. The predicted molar refractivity (Wildman–Crippen MR) is 60.5 cm³/mol. The van der Waals surface area contributed by atoms with Crippen LogP contribution in [-0.2, 0) is 6.61 Å². The predicted octanol–water partition coefficient (Wildman–Crippen LogP) is 2.77. The van der Waals surface area contributed by atoms with Crippen molar-refractivity contribution < 1.29 is 5.11 Å². The quantitative estimate of drug-likeness (QED) is 0.764. The highest BCUT2D eigenvalue weighted by Gasteiger charge is 2.13. The molecule has 0 aromatic carbocycles. The molecule has 0 saturated carbocycles. The van der Waals surface area contributed by atoms with Gasteiger partial charge in [-0.2, -0.15) is 0 Å². The Morgan fingerprint density at radius 2 is 2.07 bits per heavy atom. The Bertz CT molecular complexity index is 318. The van der Waals surface area contributed by atoms with Crippen LogP contribution in [0.5, 0.6) is 0 Å². The van der Waals surface area contributed by atoms with Crippen LogP contribution in [0.15, 0.2) is 17.3 Å². The van der Waals surface area contributed by atoms with Crippen molar-refractivity contribution in [3.63, 3.8) is 0 Å². The zero-order valence-corrected chi connectivity index (χ0v) is 9.98. The zero-order chi connectivity index (χ0) is 10.8. The largest absolute Gasteiger partial charge is 0.392 e. The van der Waals surface area contributed by atoms with Crippen molar-refractivity contribution in [2.45, 2.75) is 44.1 Å². The van der Waals surface area contributed by atoms with Gasteiger partial charge in [0.2, 0.25) is 0 Å².